The van der Waals surface area contributed by atoms with Gasteiger partial charge in [0.25, 0.3) is 0 Å². The van der Waals surface area contributed by atoms with Gasteiger partial charge >= 0.3 is 8.56 Å². The summed E-state index contributed by atoms with van der Waals surface area (Å²) in [6.07, 6.45) is 2.44. The van der Waals surface area contributed by atoms with Crippen LogP contribution in [0.3, 0.4) is 0 Å². The molecule has 0 unspecified atom stereocenters. The Morgan fingerprint density at radius 3 is 1.85 bits per heavy atom. The minimum atomic E-state index is -1.97. The summed E-state index contributed by atoms with van der Waals surface area (Å²) in [5.41, 5.74) is 1.45. The highest BCUT2D eigenvalue weighted by atomic mass is 28.4. The van der Waals surface area contributed by atoms with Crippen LogP contribution in [0.15, 0.2) is 30.3 Å². The van der Waals surface area contributed by atoms with Crippen LogP contribution in [0.5, 0.6) is 0 Å². The third kappa shape index (κ3) is 7.82. The van der Waals surface area contributed by atoms with Gasteiger partial charge in [-0.25, -0.2) is 0 Å². The first-order valence-electron chi connectivity index (χ1n) is 11.1. The summed E-state index contributed by atoms with van der Waals surface area (Å²) in [6.45, 7) is 17.5. The van der Waals surface area contributed by atoms with E-state index in [1.165, 1.54) is 43.1 Å². The predicted molar refractivity (Wildman–Crippen MR) is 123 cm³/mol. The van der Waals surface area contributed by atoms with Gasteiger partial charge in [0.05, 0.1) is 0 Å². The maximum Gasteiger partial charge on any atom is 0.334 e. The van der Waals surface area contributed by atoms with Gasteiger partial charge in [0.1, 0.15) is 8.24 Å². The molecule has 27 heavy (non-hydrogen) atoms. The summed E-state index contributed by atoms with van der Waals surface area (Å²) in [7, 11) is -3.35. The van der Waals surface area contributed by atoms with Gasteiger partial charge in [-0.05, 0) is 63.1 Å². The van der Waals surface area contributed by atoms with Crippen molar-refractivity contribution in [3.63, 3.8) is 0 Å². The molecule has 0 saturated heterocycles. The Morgan fingerprint density at radius 2 is 1.37 bits per heavy atom. The molecule has 0 radical (unpaired) electrons. The van der Waals surface area contributed by atoms with E-state index >= 15 is 0 Å². The Bertz CT molecular complexity index is 480. The number of hydrogen-bond donors (Lipinski definition) is 0. The molecule has 0 atom stereocenters. The maximum atomic E-state index is 6.02. The molecule has 0 spiro atoms. The highest BCUT2D eigenvalue weighted by Gasteiger charge is 2.35. The van der Waals surface area contributed by atoms with Crippen molar-refractivity contribution >= 4 is 16.8 Å². The molecule has 0 aliphatic rings. The number of rotatable bonds is 15. The van der Waals surface area contributed by atoms with Crippen LogP contribution in [0.4, 0.5) is 0 Å². The lowest BCUT2D eigenvalue weighted by Crippen LogP contribution is -2.52. The summed E-state index contributed by atoms with van der Waals surface area (Å²) in [5, 5.41) is 0. The normalized spacial score (nSPS) is 12.7. The fourth-order valence-corrected chi connectivity index (χ4v) is 10.7. The standard InChI is InChI=1S/C22H43NO2Si2/c1-7-24-26(6,25-8-2)20-16-15-19-23(27(9-3,10-4)11-5)21-22-17-13-12-14-18-22/h12-14,17-18H,7-11,15-16,19-21H2,1-6H3. The maximum absolute atomic E-state index is 6.02. The zero-order valence-electron chi connectivity index (χ0n) is 18.7. The summed E-state index contributed by atoms with van der Waals surface area (Å²) < 4.78 is 14.9. The second kappa shape index (κ2) is 12.9. The smallest absolute Gasteiger partial charge is 0.334 e. The van der Waals surface area contributed by atoms with E-state index in [9.17, 15) is 0 Å². The fourth-order valence-electron chi connectivity index (χ4n) is 4.25. The van der Waals surface area contributed by atoms with E-state index in [1.54, 1.807) is 0 Å². The van der Waals surface area contributed by atoms with Gasteiger partial charge in [0.15, 0.2) is 0 Å². The second-order valence-corrected chi connectivity index (χ2v) is 16.2. The molecule has 0 bridgehead atoms. The van der Waals surface area contributed by atoms with E-state index in [1.807, 2.05) is 0 Å². The topological polar surface area (TPSA) is 21.7 Å². The summed E-state index contributed by atoms with van der Waals surface area (Å²) in [5.74, 6) is 0. The van der Waals surface area contributed by atoms with Gasteiger partial charge < -0.3 is 13.4 Å². The molecule has 5 heteroatoms. The van der Waals surface area contributed by atoms with Crippen LogP contribution in [0.1, 0.15) is 53.0 Å². The molecule has 0 aliphatic carbocycles. The van der Waals surface area contributed by atoms with Crippen molar-refractivity contribution < 1.29 is 8.85 Å². The van der Waals surface area contributed by atoms with E-state index in [-0.39, 0.29) is 0 Å². The van der Waals surface area contributed by atoms with Gasteiger partial charge in [-0.3, -0.25) is 0 Å². The SMILES string of the molecule is CCO[Si](C)(CCCCN(Cc1ccccc1)[Si](CC)(CC)CC)OCC. The molecule has 1 aromatic carbocycles. The fraction of sp³-hybridized carbons (Fsp3) is 0.727. The zero-order chi connectivity index (χ0) is 20.2. The summed E-state index contributed by atoms with van der Waals surface area (Å²) in [4.78, 5) is 0. The Hall–Kier alpha value is -0.466. The Kier molecular flexibility index (Phi) is 11.7. The van der Waals surface area contributed by atoms with E-state index in [4.69, 9.17) is 8.85 Å². The average Bonchev–Trinajstić information content (AvgIpc) is 2.68. The summed E-state index contributed by atoms with van der Waals surface area (Å²) >= 11 is 0. The van der Waals surface area contributed by atoms with E-state index in [2.05, 4.69) is 76.1 Å². The highest BCUT2D eigenvalue weighted by molar-refractivity contribution is 6.77. The van der Waals surface area contributed by atoms with E-state index in [0.717, 1.165) is 25.8 Å². The lowest BCUT2D eigenvalue weighted by Gasteiger charge is -2.41. The van der Waals surface area contributed by atoms with Crippen molar-refractivity contribution in [2.75, 3.05) is 19.8 Å². The van der Waals surface area contributed by atoms with Gasteiger partial charge in [-0.1, -0.05) is 57.5 Å². The molecule has 3 nitrogen and oxygen atoms in total. The van der Waals surface area contributed by atoms with Crippen LogP contribution < -0.4 is 0 Å². The van der Waals surface area contributed by atoms with Gasteiger partial charge in [-0.15, -0.1) is 0 Å². The molecule has 1 rings (SSSR count). The first-order valence-corrected chi connectivity index (χ1v) is 16.1. The summed E-state index contributed by atoms with van der Waals surface area (Å²) in [6, 6.07) is 16.1. The molecule has 0 saturated carbocycles. The molecule has 1 aromatic rings. The van der Waals surface area contributed by atoms with Crippen LogP contribution in [0.2, 0.25) is 30.7 Å². The Morgan fingerprint density at radius 1 is 0.815 bits per heavy atom. The third-order valence-corrected chi connectivity index (χ3v) is 14.8. The first-order chi connectivity index (χ1) is 13.0. The molecule has 0 aromatic heterocycles. The number of unbranched alkanes of at least 4 members (excludes halogenated alkanes) is 1. The molecule has 0 amide bonds. The van der Waals surface area contributed by atoms with Crippen molar-refractivity contribution in [2.24, 2.45) is 0 Å². The van der Waals surface area contributed by atoms with Crippen molar-refractivity contribution in [3.8, 4) is 0 Å². The van der Waals surface area contributed by atoms with Crippen LogP contribution in [0, 0.1) is 0 Å². The Balaban J connectivity index is 2.74. The molecule has 0 fully saturated rings. The van der Waals surface area contributed by atoms with Gasteiger partial charge in [0, 0.05) is 19.8 Å². The number of benzene rings is 1. The lowest BCUT2D eigenvalue weighted by molar-refractivity contribution is 0.188. The van der Waals surface area contributed by atoms with Crippen molar-refractivity contribution in [1.82, 2.24) is 4.57 Å². The monoisotopic (exact) mass is 409 g/mol. The molecule has 156 valence electrons. The highest BCUT2D eigenvalue weighted by Crippen LogP contribution is 2.28. The number of nitrogens with zero attached hydrogens (tertiary/aromatic N) is 1. The second-order valence-electron chi connectivity index (χ2n) is 7.65. The minimum absolute atomic E-state index is 0.764. The predicted octanol–water partition coefficient (Wildman–Crippen LogP) is 6.42. The van der Waals surface area contributed by atoms with E-state index in [0.29, 0.717) is 0 Å². The van der Waals surface area contributed by atoms with Crippen molar-refractivity contribution in [1.29, 1.82) is 0 Å². The first kappa shape index (κ1) is 24.6. The Labute approximate surface area is 170 Å². The van der Waals surface area contributed by atoms with Gasteiger partial charge in [0.2, 0.25) is 0 Å². The van der Waals surface area contributed by atoms with Gasteiger partial charge in [-0.2, -0.15) is 0 Å². The minimum Gasteiger partial charge on any atom is -0.395 e. The van der Waals surface area contributed by atoms with E-state index < -0.39 is 16.8 Å². The van der Waals surface area contributed by atoms with Crippen LogP contribution in [-0.2, 0) is 15.4 Å². The molecule has 0 heterocycles. The van der Waals surface area contributed by atoms with Crippen LogP contribution in [0.25, 0.3) is 0 Å². The molecular weight excluding hydrogens is 366 g/mol. The zero-order valence-corrected chi connectivity index (χ0v) is 20.7. The van der Waals surface area contributed by atoms with Crippen LogP contribution in [-0.4, -0.2) is 41.1 Å². The number of hydrogen-bond acceptors (Lipinski definition) is 3. The quantitative estimate of drug-likeness (QED) is 0.246. The third-order valence-electron chi connectivity index (χ3n) is 6.07. The average molecular weight is 410 g/mol. The molecule has 0 N–H and O–H groups in total. The van der Waals surface area contributed by atoms with Crippen molar-refractivity contribution in [2.45, 2.75) is 84.7 Å². The molecular formula is C22H43NO2Si2. The molecule has 0 aliphatic heterocycles. The van der Waals surface area contributed by atoms with Crippen LogP contribution >= 0.6 is 0 Å². The largest absolute Gasteiger partial charge is 0.395 e. The van der Waals surface area contributed by atoms with Crippen molar-refractivity contribution in [3.05, 3.63) is 35.9 Å². The lowest BCUT2D eigenvalue weighted by atomic mass is 10.2.